The molecule has 2 aliphatic rings. The number of urea groups is 1. The predicted octanol–water partition coefficient (Wildman–Crippen LogP) is 6.50. The third-order valence-electron chi connectivity index (χ3n) is 8.85. The first-order valence-electron chi connectivity index (χ1n) is 15.9. The van der Waals surface area contributed by atoms with Gasteiger partial charge in [0.15, 0.2) is 0 Å². The highest BCUT2D eigenvalue weighted by molar-refractivity contribution is 6.30. The third kappa shape index (κ3) is 7.45. The second-order valence-corrected chi connectivity index (χ2v) is 13.2. The zero-order valence-corrected chi connectivity index (χ0v) is 29.3. The van der Waals surface area contributed by atoms with Gasteiger partial charge in [-0.2, -0.15) is 5.26 Å². The van der Waals surface area contributed by atoms with Crippen LogP contribution in [0.15, 0.2) is 71.7 Å². The van der Waals surface area contributed by atoms with Crippen LogP contribution in [0.25, 0.3) is 0 Å². The largest absolute Gasteiger partial charge is 0.493 e. The molecule has 10 nitrogen and oxygen atoms in total. The first-order chi connectivity index (χ1) is 23.0. The average Bonchev–Trinajstić information content (AvgIpc) is 3.49. The summed E-state index contributed by atoms with van der Waals surface area (Å²) in [6.07, 6.45) is 0. The Morgan fingerprint density at radius 3 is 2.15 bits per heavy atom. The molecule has 2 heterocycles. The molecule has 12 heteroatoms. The lowest BCUT2D eigenvalue weighted by molar-refractivity contribution is -0.170. The van der Waals surface area contributed by atoms with Crippen LogP contribution in [0.2, 0.25) is 10.0 Å². The summed E-state index contributed by atoms with van der Waals surface area (Å²) in [5.74, 6) is 0.836. The Bertz CT molecular complexity index is 1700. The molecule has 1 fully saturated rings. The van der Waals surface area contributed by atoms with Crippen LogP contribution in [-0.4, -0.2) is 91.0 Å². The van der Waals surface area contributed by atoms with Crippen LogP contribution < -0.4 is 4.74 Å². The summed E-state index contributed by atoms with van der Waals surface area (Å²) >= 11 is 12.6. The number of amides is 3. The maximum absolute atomic E-state index is 14.8. The van der Waals surface area contributed by atoms with Gasteiger partial charge in [-0.25, -0.2) is 9.86 Å². The van der Waals surface area contributed by atoms with Gasteiger partial charge in [0.2, 0.25) is 0 Å². The molecule has 0 saturated carbocycles. The summed E-state index contributed by atoms with van der Waals surface area (Å²) in [6, 6.07) is 21.8. The number of nitriles is 1. The van der Waals surface area contributed by atoms with E-state index in [1.165, 1.54) is 12.2 Å². The minimum Gasteiger partial charge on any atom is -0.493 e. The van der Waals surface area contributed by atoms with E-state index in [0.717, 1.165) is 16.7 Å². The number of carbonyl (C=O) groups is 2. The summed E-state index contributed by atoms with van der Waals surface area (Å²) in [4.78, 5) is 43.2. The Labute approximate surface area is 292 Å². The highest BCUT2D eigenvalue weighted by Crippen LogP contribution is 2.46. The summed E-state index contributed by atoms with van der Waals surface area (Å²) in [5, 5.41) is 12.2. The molecule has 0 N–H and O–H groups in total. The number of piperazine rings is 1. The zero-order valence-electron chi connectivity index (χ0n) is 27.8. The fourth-order valence-electron chi connectivity index (χ4n) is 5.93. The van der Waals surface area contributed by atoms with Crippen LogP contribution >= 0.6 is 23.2 Å². The van der Waals surface area contributed by atoms with Gasteiger partial charge in [-0.05, 0) is 73.9 Å². The number of amidine groups is 1. The monoisotopic (exact) mass is 690 g/mol. The number of ether oxygens (including phenoxy) is 1. The molecule has 252 valence electrons. The molecular weight excluding hydrogens is 651 g/mol. The Hall–Kier alpha value is -4.14. The van der Waals surface area contributed by atoms with Gasteiger partial charge in [-0.15, -0.1) is 0 Å². The average molecular weight is 692 g/mol. The summed E-state index contributed by atoms with van der Waals surface area (Å²) in [7, 11) is 3.03. The van der Waals surface area contributed by atoms with Gasteiger partial charge in [-0.3, -0.25) is 24.4 Å². The molecule has 0 radical (unpaired) electrons. The van der Waals surface area contributed by atoms with Crippen molar-refractivity contribution in [1.29, 1.82) is 5.26 Å². The Balaban J connectivity index is 1.59. The van der Waals surface area contributed by atoms with Gasteiger partial charge in [0.05, 0.1) is 43.4 Å². The van der Waals surface area contributed by atoms with E-state index in [1.807, 2.05) is 92.4 Å². The van der Waals surface area contributed by atoms with Gasteiger partial charge < -0.3 is 9.64 Å². The lowest BCUT2D eigenvalue weighted by Crippen LogP contribution is -2.55. The minimum atomic E-state index is -0.756. The highest BCUT2D eigenvalue weighted by atomic mass is 35.5. The number of hydroxylamine groups is 2. The van der Waals surface area contributed by atoms with Crippen LogP contribution in [0.3, 0.4) is 0 Å². The topological polar surface area (TPSA) is 102 Å². The van der Waals surface area contributed by atoms with Crippen molar-refractivity contribution in [3.05, 3.63) is 99.0 Å². The third-order valence-corrected chi connectivity index (χ3v) is 9.35. The molecule has 3 aromatic rings. The second kappa shape index (κ2) is 15.0. The molecular formula is C36H40Cl2N6O4. The fraction of sp³-hybridized carbons (Fsp3) is 0.389. The number of likely N-dealkylation sites (N-methyl/N-ethyl adjacent to an activating group) is 1. The fourth-order valence-corrected chi connectivity index (χ4v) is 6.18. The molecule has 48 heavy (non-hydrogen) atoms. The van der Waals surface area contributed by atoms with Gasteiger partial charge in [0, 0.05) is 43.3 Å². The van der Waals surface area contributed by atoms with Gasteiger partial charge >= 0.3 is 6.03 Å². The zero-order chi connectivity index (χ0) is 34.6. The van der Waals surface area contributed by atoms with Crippen molar-refractivity contribution in [2.45, 2.75) is 38.3 Å². The normalized spacial score (nSPS) is 18.3. The number of aliphatic imine (C=N–C) groups is 1. The summed E-state index contributed by atoms with van der Waals surface area (Å²) in [6.45, 7) is 8.05. The molecule has 0 aliphatic carbocycles. The number of carbonyl (C=O) groups excluding carboxylic acids is 2. The lowest BCUT2D eigenvalue weighted by atomic mass is 9.85. The van der Waals surface area contributed by atoms with Crippen LogP contribution in [0, 0.1) is 11.3 Å². The summed E-state index contributed by atoms with van der Waals surface area (Å²) in [5.41, 5.74) is 2.43. The van der Waals surface area contributed by atoms with Gasteiger partial charge in [0.25, 0.3) is 5.91 Å². The number of halogens is 2. The van der Waals surface area contributed by atoms with Crippen molar-refractivity contribution in [2.24, 2.45) is 4.99 Å². The van der Waals surface area contributed by atoms with E-state index in [9.17, 15) is 14.9 Å². The van der Waals surface area contributed by atoms with Crippen LogP contribution in [0.4, 0.5) is 4.79 Å². The molecule has 2 unspecified atom stereocenters. The Morgan fingerprint density at radius 2 is 1.58 bits per heavy atom. The minimum absolute atomic E-state index is 0.161. The Kier molecular flexibility index (Phi) is 11.0. The van der Waals surface area contributed by atoms with E-state index >= 15 is 0 Å². The first kappa shape index (κ1) is 35.2. The van der Waals surface area contributed by atoms with Gasteiger partial charge in [0.1, 0.15) is 17.6 Å². The van der Waals surface area contributed by atoms with Crippen molar-refractivity contribution < 1.29 is 19.2 Å². The SMILES string of the molecule is CCOc1cc(C(C)(C)C#N)ccc1C1=NC(c2ccc(Cl)cc2)C(c2ccc(Cl)cc2)N1C(=O)N1CCN(CC(=O)N(C)OC)CC1. The molecule has 0 bridgehead atoms. The van der Waals surface area contributed by atoms with Crippen molar-refractivity contribution in [3.8, 4) is 11.8 Å². The second-order valence-electron chi connectivity index (χ2n) is 12.3. The smallest absolute Gasteiger partial charge is 0.326 e. The molecule has 0 aromatic heterocycles. The van der Waals surface area contributed by atoms with Crippen molar-refractivity contribution in [3.63, 3.8) is 0 Å². The lowest BCUT2D eigenvalue weighted by Gasteiger charge is -2.39. The van der Waals surface area contributed by atoms with Gasteiger partial charge in [-0.1, -0.05) is 53.5 Å². The first-order valence-corrected chi connectivity index (χ1v) is 16.6. The van der Waals surface area contributed by atoms with Crippen molar-refractivity contribution >= 4 is 41.0 Å². The predicted molar refractivity (Wildman–Crippen MR) is 186 cm³/mol. The molecule has 2 atom stereocenters. The van der Waals surface area contributed by atoms with Crippen molar-refractivity contribution in [1.82, 2.24) is 19.8 Å². The molecule has 3 aromatic carbocycles. The maximum atomic E-state index is 14.8. The van der Waals surface area contributed by atoms with E-state index in [-0.39, 0.29) is 18.5 Å². The quantitative estimate of drug-likeness (QED) is 0.238. The standard InChI is InChI=1S/C36H40Cl2N6O4/c1-6-48-30-21-26(36(2,3)23-39)11-16-29(30)34-40-32(24-7-12-27(37)13-8-24)33(25-9-14-28(38)15-10-25)44(34)35(46)43-19-17-42(18-20-43)22-31(45)41(4)47-5/h7-16,21,32-33H,6,17-20,22H2,1-5H3. The number of hydrogen-bond donors (Lipinski definition) is 0. The van der Waals surface area contributed by atoms with E-state index in [1.54, 1.807) is 16.8 Å². The van der Waals surface area contributed by atoms with E-state index in [0.29, 0.717) is 60.0 Å². The number of hydrogen-bond acceptors (Lipinski definition) is 7. The highest BCUT2D eigenvalue weighted by Gasteiger charge is 2.45. The molecule has 5 rings (SSSR count). The van der Waals surface area contributed by atoms with Crippen LogP contribution in [0.1, 0.15) is 55.1 Å². The molecule has 2 aliphatic heterocycles. The maximum Gasteiger partial charge on any atom is 0.326 e. The van der Waals surface area contributed by atoms with Crippen LogP contribution in [0.5, 0.6) is 5.75 Å². The number of nitrogens with zero attached hydrogens (tertiary/aromatic N) is 6. The number of rotatable bonds is 9. The van der Waals surface area contributed by atoms with E-state index in [4.69, 9.17) is 37.8 Å². The van der Waals surface area contributed by atoms with Crippen molar-refractivity contribution in [2.75, 3.05) is 53.5 Å². The van der Waals surface area contributed by atoms with E-state index in [2.05, 4.69) is 6.07 Å². The molecule has 3 amide bonds. The number of benzene rings is 3. The summed E-state index contributed by atoms with van der Waals surface area (Å²) < 4.78 is 6.17. The Morgan fingerprint density at radius 1 is 0.979 bits per heavy atom. The van der Waals surface area contributed by atoms with E-state index < -0.39 is 17.5 Å². The van der Waals surface area contributed by atoms with Crippen LogP contribution in [-0.2, 0) is 15.0 Å². The molecule has 1 saturated heterocycles. The molecule has 0 spiro atoms.